The molecule has 24 heavy (non-hydrogen) atoms. The highest BCUT2D eigenvalue weighted by Gasteiger charge is 2.19. The van der Waals surface area contributed by atoms with E-state index in [1.165, 1.54) is 11.8 Å². The van der Waals surface area contributed by atoms with Gasteiger partial charge in [0, 0.05) is 22.9 Å². The molecule has 1 aliphatic rings. The molecule has 0 spiro atoms. The van der Waals surface area contributed by atoms with E-state index in [0.717, 1.165) is 10.5 Å². The van der Waals surface area contributed by atoms with Crippen LogP contribution in [0.2, 0.25) is 0 Å². The largest absolute Gasteiger partial charge is 0.497 e. The van der Waals surface area contributed by atoms with Crippen molar-refractivity contribution in [3.8, 4) is 11.5 Å². The van der Waals surface area contributed by atoms with Gasteiger partial charge in [0.15, 0.2) is 0 Å². The summed E-state index contributed by atoms with van der Waals surface area (Å²) in [4.78, 5) is 18.3. The van der Waals surface area contributed by atoms with Crippen LogP contribution in [-0.4, -0.2) is 31.7 Å². The molecular formula is C18H17NO4S. The van der Waals surface area contributed by atoms with Gasteiger partial charge in [-0.3, -0.25) is 0 Å². The molecule has 0 aromatic heterocycles. The molecule has 124 valence electrons. The minimum atomic E-state index is -0.464. The van der Waals surface area contributed by atoms with Gasteiger partial charge in [-0.1, -0.05) is 17.3 Å². The molecule has 3 rings (SSSR count). The zero-order chi connectivity index (χ0) is 16.9. The predicted molar refractivity (Wildman–Crippen MR) is 93.3 cm³/mol. The number of carbonyl (C=O) groups is 1. The first-order valence-electron chi connectivity index (χ1n) is 7.45. The van der Waals surface area contributed by atoms with Crippen molar-refractivity contribution < 1.29 is 19.1 Å². The fraction of sp³-hybridized carbons (Fsp3) is 0.222. The Hall–Kier alpha value is -2.47. The lowest BCUT2D eigenvalue weighted by Crippen LogP contribution is -2.17. The van der Waals surface area contributed by atoms with Crippen molar-refractivity contribution in [2.75, 3.05) is 20.0 Å². The van der Waals surface area contributed by atoms with E-state index in [9.17, 15) is 4.79 Å². The van der Waals surface area contributed by atoms with Crippen LogP contribution in [0.4, 0.5) is 0 Å². The molecule has 2 aromatic carbocycles. The van der Waals surface area contributed by atoms with Crippen LogP contribution in [0.3, 0.4) is 0 Å². The summed E-state index contributed by atoms with van der Waals surface area (Å²) in [7, 11) is 1.60. The van der Waals surface area contributed by atoms with E-state index in [1.807, 2.05) is 30.5 Å². The number of rotatable bonds is 4. The van der Waals surface area contributed by atoms with Crippen LogP contribution in [0.1, 0.15) is 22.3 Å². The second-order valence-electron chi connectivity index (χ2n) is 5.08. The van der Waals surface area contributed by atoms with Crippen LogP contribution < -0.4 is 9.47 Å². The molecule has 6 heteroatoms. The number of ether oxygens (including phenoxy) is 2. The Labute approximate surface area is 144 Å². The SMILES string of the molecule is COc1ccc2c(c1)OCC/C2=N/OC(=O)c1ccccc1SC. The number of benzene rings is 2. The molecule has 1 heterocycles. The Morgan fingerprint density at radius 2 is 2.08 bits per heavy atom. The highest BCUT2D eigenvalue weighted by Crippen LogP contribution is 2.29. The monoisotopic (exact) mass is 343 g/mol. The third kappa shape index (κ3) is 3.38. The maximum absolute atomic E-state index is 12.3. The Bertz CT molecular complexity index is 788. The van der Waals surface area contributed by atoms with Gasteiger partial charge in [-0.15, -0.1) is 11.8 Å². The Morgan fingerprint density at radius 3 is 2.88 bits per heavy atom. The Morgan fingerprint density at radius 1 is 1.25 bits per heavy atom. The molecule has 1 aliphatic heterocycles. The van der Waals surface area contributed by atoms with Gasteiger partial charge in [-0.2, -0.15) is 0 Å². The van der Waals surface area contributed by atoms with Crippen LogP contribution >= 0.6 is 11.8 Å². The van der Waals surface area contributed by atoms with E-state index in [0.29, 0.717) is 35.8 Å². The summed E-state index contributed by atoms with van der Waals surface area (Å²) >= 11 is 1.49. The fourth-order valence-corrected chi connectivity index (χ4v) is 3.02. The molecule has 0 amide bonds. The molecular weight excluding hydrogens is 326 g/mol. The highest BCUT2D eigenvalue weighted by molar-refractivity contribution is 7.98. The average molecular weight is 343 g/mol. The first kappa shape index (κ1) is 16.4. The Balaban J connectivity index is 1.82. The van der Waals surface area contributed by atoms with Crippen LogP contribution in [0, 0.1) is 0 Å². The molecule has 0 saturated heterocycles. The maximum atomic E-state index is 12.3. The number of hydrogen-bond donors (Lipinski definition) is 0. The van der Waals surface area contributed by atoms with Crippen molar-refractivity contribution in [2.24, 2.45) is 5.16 Å². The number of methoxy groups -OCH3 is 1. The first-order chi connectivity index (χ1) is 11.7. The molecule has 5 nitrogen and oxygen atoms in total. The topological polar surface area (TPSA) is 57.1 Å². The summed E-state index contributed by atoms with van der Waals surface area (Å²) in [6.07, 6.45) is 2.50. The van der Waals surface area contributed by atoms with Gasteiger partial charge < -0.3 is 14.3 Å². The summed E-state index contributed by atoms with van der Waals surface area (Å²) in [6.45, 7) is 0.484. The number of oxime groups is 1. The van der Waals surface area contributed by atoms with E-state index in [2.05, 4.69) is 5.16 Å². The highest BCUT2D eigenvalue weighted by atomic mass is 32.2. The molecule has 0 radical (unpaired) electrons. The summed E-state index contributed by atoms with van der Waals surface area (Å²) in [5.74, 6) is 0.926. The molecule has 0 aliphatic carbocycles. The third-order valence-electron chi connectivity index (χ3n) is 3.66. The minimum absolute atomic E-state index is 0.464. The number of carbonyl (C=O) groups excluding carboxylic acids is 1. The minimum Gasteiger partial charge on any atom is -0.497 e. The molecule has 0 saturated carbocycles. The van der Waals surface area contributed by atoms with Gasteiger partial charge in [0.25, 0.3) is 0 Å². The van der Waals surface area contributed by atoms with Crippen molar-refractivity contribution in [1.82, 2.24) is 0 Å². The molecule has 0 N–H and O–H groups in total. The molecule has 0 atom stereocenters. The van der Waals surface area contributed by atoms with E-state index >= 15 is 0 Å². The second-order valence-corrected chi connectivity index (χ2v) is 5.93. The molecule has 2 aromatic rings. The van der Waals surface area contributed by atoms with Crippen LogP contribution in [0.15, 0.2) is 52.5 Å². The smallest absolute Gasteiger partial charge is 0.366 e. The standard InChI is InChI=1S/C18H17NO4S/c1-21-12-7-8-13-15(9-10-22-16(13)11-12)19-23-18(20)14-5-3-4-6-17(14)24-2/h3-8,11H,9-10H2,1-2H3/b19-15-. The number of nitrogens with zero attached hydrogens (tertiary/aromatic N) is 1. The van der Waals surface area contributed by atoms with Crippen LogP contribution in [0.5, 0.6) is 11.5 Å². The Kier molecular flexibility index (Phi) is 5.05. The van der Waals surface area contributed by atoms with Gasteiger partial charge >= 0.3 is 5.97 Å². The zero-order valence-electron chi connectivity index (χ0n) is 13.4. The van der Waals surface area contributed by atoms with Crippen molar-refractivity contribution in [2.45, 2.75) is 11.3 Å². The van der Waals surface area contributed by atoms with E-state index in [1.54, 1.807) is 25.3 Å². The van der Waals surface area contributed by atoms with Crippen LogP contribution in [0.25, 0.3) is 0 Å². The summed E-state index contributed by atoms with van der Waals surface area (Å²) in [5.41, 5.74) is 2.01. The van der Waals surface area contributed by atoms with Crippen molar-refractivity contribution in [3.05, 3.63) is 53.6 Å². The van der Waals surface area contributed by atoms with Crippen molar-refractivity contribution in [1.29, 1.82) is 0 Å². The van der Waals surface area contributed by atoms with Crippen molar-refractivity contribution in [3.63, 3.8) is 0 Å². The maximum Gasteiger partial charge on any atom is 0.366 e. The molecule has 0 bridgehead atoms. The fourth-order valence-electron chi connectivity index (χ4n) is 2.43. The van der Waals surface area contributed by atoms with Crippen molar-refractivity contribution >= 4 is 23.4 Å². The second kappa shape index (κ2) is 7.40. The number of hydrogen-bond acceptors (Lipinski definition) is 6. The van der Waals surface area contributed by atoms with Gasteiger partial charge in [0.05, 0.1) is 25.0 Å². The predicted octanol–water partition coefficient (Wildman–Crippen LogP) is 3.76. The van der Waals surface area contributed by atoms with E-state index in [-0.39, 0.29) is 0 Å². The van der Waals surface area contributed by atoms with Gasteiger partial charge in [-0.25, -0.2) is 4.79 Å². The quantitative estimate of drug-likeness (QED) is 0.481. The number of fused-ring (bicyclic) bond motifs is 1. The third-order valence-corrected chi connectivity index (χ3v) is 4.46. The molecule has 0 unspecified atom stereocenters. The zero-order valence-corrected chi connectivity index (χ0v) is 14.3. The summed E-state index contributed by atoms with van der Waals surface area (Å²) < 4.78 is 10.8. The summed E-state index contributed by atoms with van der Waals surface area (Å²) in [5, 5.41) is 4.07. The molecule has 0 fully saturated rings. The lowest BCUT2D eigenvalue weighted by molar-refractivity contribution is 0.0510. The lowest BCUT2D eigenvalue weighted by atomic mass is 10.0. The van der Waals surface area contributed by atoms with Gasteiger partial charge in [0.2, 0.25) is 0 Å². The first-order valence-corrected chi connectivity index (χ1v) is 8.68. The summed E-state index contributed by atoms with van der Waals surface area (Å²) in [6, 6.07) is 12.8. The van der Waals surface area contributed by atoms with E-state index in [4.69, 9.17) is 14.3 Å². The normalized spacial score (nSPS) is 14.7. The van der Waals surface area contributed by atoms with E-state index < -0.39 is 5.97 Å². The lowest BCUT2D eigenvalue weighted by Gasteiger charge is -2.19. The van der Waals surface area contributed by atoms with Gasteiger partial charge in [0.1, 0.15) is 11.5 Å². The van der Waals surface area contributed by atoms with Gasteiger partial charge in [-0.05, 0) is 30.5 Å². The number of thioether (sulfide) groups is 1. The van der Waals surface area contributed by atoms with Crippen LogP contribution in [-0.2, 0) is 4.84 Å². The average Bonchev–Trinajstić information content (AvgIpc) is 2.65.